The molecule has 0 aliphatic heterocycles. The minimum Gasteiger partial charge on any atom is -0.383 e. The van der Waals surface area contributed by atoms with E-state index in [-0.39, 0.29) is 5.91 Å². The van der Waals surface area contributed by atoms with E-state index in [4.69, 9.17) is 5.73 Å². The van der Waals surface area contributed by atoms with Gasteiger partial charge in [0.25, 0.3) is 5.91 Å². The second kappa shape index (κ2) is 3.92. The van der Waals surface area contributed by atoms with Crippen LogP contribution in [0.4, 0.5) is 5.82 Å². The maximum absolute atomic E-state index is 11.9. The van der Waals surface area contributed by atoms with E-state index in [1.807, 2.05) is 7.05 Å². The van der Waals surface area contributed by atoms with Crippen LogP contribution < -0.4 is 5.73 Å². The number of carbonyl (C=O) groups excluding carboxylic acids is 1. The Kier molecular flexibility index (Phi) is 2.62. The Bertz CT molecular complexity index is 356. The molecule has 1 aliphatic carbocycles. The number of H-pyrrole nitrogens is 1. The predicted octanol–water partition coefficient (Wildman–Crippen LogP) is 0.864. The van der Waals surface area contributed by atoms with Crippen molar-refractivity contribution in [2.45, 2.75) is 19.3 Å². The number of rotatable bonds is 3. The zero-order valence-corrected chi connectivity index (χ0v) is 8.86. The van der Waals surface area contributed by atoms with E-state index in [0.29, 0.717) is 17.3 Å². The van der Waals surface area contributed by atoms with Crippen LogP contribution in [0.2, 0.25) is 0 Å². The van der Waals surface area contributed by atoms with Crippen LogP contribution in [0.1, 0.15) is 29.6 Å². The summed E-state index contributed by atoms with van der Waals surface area (Å²) in [6.45, 7) is 0.823. The van der Waals surface area contributed by atoms with Crippen molar-refractivity contribution >= 4 is 11.7 Å². The van der Waals surface area contributed by atoms with Crippen LogP contribution in [0.25, 0.3) is 0 Å². The number of hydrogen-bond donors (Lipinski definition) is 2. The van der Waals surface area contributed by atoms with Crippen molar-refractivity contribution in [2.24, 2.45) is 5.92 Å². The molecule has 15 heavy (non-hydrogen) atoms. The molecule has 1 heterocycles. The van der Waals surface area contributed by atoms with Gasteiger partial charge >= 0.3 is 0 Å². The van der Waals surface area contributed by atoms with Gasteiger partial charge in [0.1, 0.15) is 11.4 Å². The van der Waals surface area contributed by atoms with Crippen LogP contribution in [0, 0.1) is 5.92 Å². The van der Waals surface area contributed by atoms with Crippen LogP contribution in [-0.4, -0.2) is 34.6 Å². The first-order valence-corrected chi connectivity index (χ1v) is 5.23. The lowest BCUT2D eigenvalue weighted by Gasteiger charge is -2.30. The van der Waals surface area contributed by atoms with Gasteiger partial charge in [-0.05, 0) is 18.8 Å². The molecule has 0 unspecified atom stereocenters. The lowest BCUT2D eigenvalue weighted by atomic mass is 9.85. The smallest absolute Gasteiger partial charge is 0.258 e. The molecule has 0 saturated heterocycles. The molecule has 5 nitrogen and oxygen atoms in total. The van der Waals surface area contributed by atoms with Crippen LogP contribution in [0.3, 0.4) is 0 Å². The summed E-state index contributed by atoms with van der Waals surface area (Å²) in [4.78, 5) is 13.6. The first kappa shape index (κ1) is 10.0. The fourth-order valence-electron chi connectivity index (χ4n) is 1.82. The van der Waals surface area contributed by atoms with E-state index < -0.39 is 0 Å². The molecule has 0 radical (unpaired) electrons. The quantitative estimate of drug-likeness (QED) is 0.773. The molecule has 1 aromatic rings. The number of aromatic amines is 1. The van der Waals surface area contributed by atoms with Crippen molar-refractivity contribution in [3.63, 3.8) is 0 Å². The molecular formula is C10H16N4O. The SMILES string of the molecule is CN(CC1CCC1)C(=O)c1cn[nH]c1N. The zero-order chi connectivity index (χ0) is 10.8. The number of hydrogen-bond acceptors (Lipinski definition) is 3. The van der Waals surface area contributed by atoms with Crippen molar-refractivity contribution in [2.75, 3.05) is 19.3 Å². The molecule has 0 spiro atoms. The van der Waals surface area contributed by atoms with Gasteiger partial charge in [-0.25, -0.2) is 0 Å². The van der Waals surface area contributed by atoms with Gasteiger partial charge in [-0.1, -0.05) is 6.42 Å². The van der Waals surface area contributed by atoms with Crippen LogP contribution >= 0.6 is 0 Å². The van der Waals surface area contributed by atoms with Crippen molar-refractivity contribution in [1.29, 1.82) is 0 Å². The van der Waals surface area contributed by atoms with Crippen molar-refractivity contribution in [1.82, 2.24) is 15.1 Å². The van der Waals surface area contributed by atoms with Crippen LogP contribution in [0.5, 0.6) is 0 Å². The molecule has 1 aromatic heterocycles. The lowest BCUT2D eigenvalue weighted by molar-refractivity contribution is 0.0746. The minimum atomic E-state index is -0.0480. The van der Waals surface area contributed by atoms with Gasteiger partial charge in [-0.2, -0.15) is 5.10 Å². The van der Waals surface area contributed by atoms with Gasteiger partial charge < -0.3 is 10.6 Å². The third-order valence-electron chi connectivity index (χ3n) is 3.00. The van der Waals surface area contributed by atoms with E-state index in [2.05, 4.69) is 10.2 Å². The second-order valence-electron chi connectivity index (χ2n) is 4.18. The summed E-state index contributed by atoms with van der Waals surface area (Å²) < 4.78 is 0. The molecule has 82 valence electrons. The normalized spacial score (nSPS) is 16.1. The summed E-state index contributed by atoms with van der Waals surface area (Å²) in [6.07, 6.45) is 5.24. The van der Waals surface area contributed by atoms with Crippen LogP contribution in [0.15, 0.2) is 6.20 Å². The Morgan fingerprint density at radius 3 is 2.93 bits per heavy atom. The standard InChI is InChI=1S/C10H16N4O/c1-14(6-7-3-2-4-7)10(15)8-5-12-13-9(8)11/h5,7H,2-4,6H2,1H3,(H3,11,12,13). The topological polar surface area (TPSA) is 75.0 Å². The summed E-state index contributed by atoms with van der Waals surface area (Å²) in [7, 11) is 1.81. The largest absolute Gasteiger partial charge is 0.383 e. The summed E-state index contributed by atoms with van der Waals surface area (Å²) in [5, 5.41) is 6.31. The molecule has 0 bridgehead atoms. The first-order chi connectivity index (χ1) is 7.18. The third kappa shape index (κ3) is 1.95. The van der Waals surface area contributed by atoms with Gasteiger partial charge in [-0.3, -0.25) is 9.89 Å². The molecule has 1 aliphatic rings. The monoisotopic (exact) mass is 208 g/mol. The third-order valence-corrected chi connectivity index (χ3v) is 3.00. The Morgan fingerprint density at radius 1 is 1.73 bits per heavy atom. The fourth-order valence-corrected chi connectivity index (χ4v) is 1.82. The van der Waals surface area contributed by atoms with Crippen molar-refractivity contribution < 1.29 is 4.79 Å². The molecule has 1 fully saturated rings. The Labute approximate surface area is 88.6 Å². The Balaban J connectivity index is 1.97. The fraction of sp³-hybridized carbons (Fsp3) is 0.600. The summed E-state index contributed by atoms with van der Waals surface area (Å²) in [6, 6.07) is 0. The maximum atomic E-state index is 11.9. The van der Waals surface area contributed by atoms with Crippen LogP contribution in [-0.2, 0) is 0 Å². The van der Waals surface area contributed by atoms with Gasteiger partial charge in [-0.15, -0.1) is 0 Å². The molecule has 1 amide bonds. The van der Waals surface area contributed by atoms with Crippen molar-refractivity contribution in [3.05, 3.63) is 11.8 Å². The number of nitrogens with one attached hydrogen (secondary N) is 1. The summed E-state index contributed by atoms with van der Waals surface area (Å²) in [5.41, 5.74) is 6.06. The number of aromatic nitrogens is 2. The maximum Gasteiger partial charge on any atom is 0.258 e. The Morgan fingerprint density at radius 2 is 2.47 bits per heavy atom. The van der Waals surface area contributed by atoms with Gasteiger partial charge in [0, 0.05) is 13.6 Å². The Hall–Kier alpha value is -1.52. The molecule has 1 saturated carbocycles. The highest BCUT2D eigenvalue weighted by Gasteiger charge is 2.23. The highest BCUT2D eigenvalue weighted by molar-refractivity contribution is 5.97. The molecule has 5 heteroatoms. The molecule has 3 N–H and O–H groups in total. The predicted molar refractivity (Wildman–Crippen MR) is 57.3 cm³/mol. The highest BCUT2D eigenvalue weighted by atomic mass is 16.2. The van der Waals surface area contributed by atoms with Gasteiger partial charge in [0.05, 0.1) is 6.20 Å². The minimum absolute atomic E-state index is 0.0480. The van der Waals surface area contributed by atoms with E-state index in [0.717, 1.165) is 6.54 Å². The number of nitrogens with two attached hydrogens (primary N) is 1. The van der Waals surface area contributed by atoms with Crippen molar-refractivity contribution in [3.8, 4) is 0 Å². The van der Waals surface area contributed by atoms with E-state index in [9.17, 15) is 4.79 Å². The second-order valence-corrected chi connectivity index (χ2v) is 4.18. The summed E-state index contributed by atoms with van der Waals surface area (Å²) >= 11 is 0. The number of nitrogen functional groups attached to an aromatic ring is 1. The average Bonchev–Trinajstić information content (AvgIpc) is 2.56. The van der Waals surface area contributed by atoms with Gasteiger partial charge in [0.2, 0.25) is 0 Å². The van der Waals surface area contributed by atoms with E-state index >= 15 is 0 Å². The van der Waals surface area contributed by atoms with E-state index in [1.165, 1.54) is 25.5 Å². The molecular weight excluding hydrogens is 192 g/mol. The number of nitrogens with zero attached hydrogens (tertiary/aromatic N) is 2. The number of carbonyl (C=O) groups is 1. The number of anilines is 1. The number of amides is 1. The lowest BCUT2D eigenvalue weighted by Crippen LogP contribution is -2.34. The molecule has 0 aromatic carbocycles. The first-order valence-electron chi connectivity index (χ1n) is 5.23. The van der Waals surface area contributed by atoms with Gasteiger partial charge in [0.15, 0.2) is 0 Å². The molecule has 2 rings (SSSR count). The highest BCUT2D eigenvalue weighted by Crippen LogP contribution is 2.27. The zero-order valence-electron chi connectivity index (χ0n) is 8.86. The summed E-state index contributed by atoms with van der Waals surface area (Å²) in [5.74, 6) is 0.973. The molecule has 0 atom stereocenters. The average molecular weight is 208 g/mol. The van der Waals surface area contributed by atoms with E-state index in [1.54, 1.807) is 4.90 Å².